The Kier molecular flexibility index (Phi) is 5.76. The van der Waals surface area contributed by atoms with Gasteiger partial charge in [0.05, 0.1) is 6.61 Å². The van der Waals surface area contributed by atoms with Crippen molar-refractivity contribution in [1.29, 1.82) is 0 Å². The minimum absolute atomic E-state index is 0.00950. The van der Waals surface area contributed by atoms with Crippen LogP contribution in [-0.4, -0.2) is 42.4 Å². The van der Waals surface area contributed by atoms with E-state index >= 15 is 0 Å². The van der Waals surface area contributed by atoms with Gasteiger partial charge in [-0.1, -0.05) is 19.3 Å². The number of aliphatic hydroxyl groups is 1. The molecule has 0 radical (unpaired) electrons. The Morgan fingerprint density at radius 2 is 1.95 bits per heavy atom. The number of hydrogen-bond acceptors (Lipinski definition) is 6. The first-order valence-electron chi connectivity index (χ1n) is 7.61. The van der Waals surface area contributed by atoms with Crippen LogP contribution in [0.3, 0.4) is 0 Å². The van der Waals surface area contributed by atoms with Crippen LogP contribution in [0.5, 0.6) is 0 Å². The summed E-state index contributed by atoms with van der Waals surface area (Å²) in [7, 11) is 3.46. The Labute approximate surface area is 126 Å². The van der Waals surface area contributed by atoms with Crippen molar-refractivity contribution in [2.45, 2.75) is 38.7 Å². The third-order valence-electron chi connectivity index (χ3n) is 4.20. The van der Waals surface area contributed by atoms with Gasteiger partial charge in [-0.05, 0) is 12.8 Å². The van der Waals surface area contributed by atoms with E-state index in [0.29, 0.717) is 12.4 Å². The van der Waals surface area contributed by atoms with Gasteiger partial charge in [0, 0.05) is 32.2 Å². The van der Waals surface area contributed by atoms with Gasteiger partial charge in [-0.25, -0.2) is 9.97 Å². The molecule has 6 nitrogen and oxygen atoms in total. The quantitative estimate of drug-likeness (QED) is 0.714. The number of aromatic nitrogens is 2. The normalized spacial score (nSPS) is 17.5. The number of methoxy groups -OCH3 is 1. The number of anilines is 2. The Morgan fingerprint density at radius 3 is 2.57 bits per heavy atom. The summed E-state index contributed by atoms with van der Waals surface area (Å²) in [6.45, 7) is 1.36. The summed E-state index contributed by atoms with van der Waals surface area (Å²) in [5.74, 6) is 2.19. The summed E-state index contributed by atoms with van der Waals surface area (Å²) >= 11 is 0. The molecule has 1 aromatic rings. The molecule has 0 bridgehead atoms. The first-order valence-corrected chi connectivity index (χ1v) is 7.61. The second kappa shape index (κ2) is 7.56. The average molecular weight is 294 g/mol. The van der Waals surface area contributed by atoms with Crippen molar-refractivity contribution in [1.82, 2.24) is 9.97 Å². The van der Waals surface area contributed by atoms with Gasteiger partial charge in [-0.15, -0.1) is 0 Å². The summed E-state index contributed by atoms with van der Waals surface area (Å²) in [5.41, 5.74) is -0.00950. The topological polar surface area (TPSA) is 79.3 Å². The van der Waals surface area contributed by atoms with Gasteiger partial charge in [0.2, 0.25) is 0 Å². The highest BCUT2D eigenvalue weighted by Crippen LogP contribution is 2.35. The molecule has 0 saturated heterocycles. The van der Waals surface area contributed by atoms with Crippen molar-refractivity contribution < 1.29 is 9.84 Å². The molecular weight excluding hydrogens is 268 g/mol. The smallest absolute Gasteiger partial charge is 0.158 e. The van der Waals surface area contributed by atoms with Crippen molar-refractivity contribution in [3.8, 4) is 0 Å². The monoisotopic (exact) mass is 294 g/mol. The number of ether oxygens (including phenoxy) is 1. The molecule has 0 unspecified atom stereocenters. The van der Waals surface area contributed by atoms with Crippen LogP contribution in [0.4, 0.5) is 11.6 Å². The SMILES string of the molecule is CNc1cc(NCC2(CO)CCCCC2)nc(COC)n1. The summed E-state index contributed by atoms with van der Waals surface area (Å²) in [5, 5.41) is 16.2. The summed E-state index contributed by atoms with van der Waals surface area (Å²) < 4.78 is 5.10. The van der Waals surface area contributed by atoms with Gasteiger partial charge < -0.3 is 20.5 Å². The van der Waals surface area contributed by atoms with E-state index < -0.39 is 0 Å². The van der Waals surface area contributed by atoms with E-state index in [1.165, 1.54) is 19.3 Å². The van der Waals surface area contributed by atoms with Crippen molar-refractivity contribution in [3.05, 3.63) is 11.9 Å². The molecule has 2 rings (SSSR count). The molecule has 6 heteroatoms. The van der Waals surface area contributed by atoms with Crippen molar-refractivity contribution in [3.63, 3.8) is 0 Å². The summed E-state index contributed by atoms with van der Waals surface area (Å²) in [6.07, 6.45) is 5.82. The zero-order valence-electron chi connectivity index (χ0n) is 13.0. The molecule has 0 aliphatic heterocycles. The van der Waals surface area contributed by atoms with Gasteiger partial charge in [0.25, 0.3) is 0 Å². The fraction of sp³-hybridized carbons (Fsp3) is 0.733. The zero-order valence-corrected chi connectivity index (χ0v) is 13.0. The predicted molar refractivity (Wildman–Crippen MR) is 83.4 cm³/mol. The highest BCUT2D eigenvalue weighted by molar-refractivity contribution is 5.47. The third kappa shape index (κ3) is 4.28. The van der Waals surface area contributed by atoms with E-state index in [1.807, 2.05) is 13.1 Å². The van der Waals surface area contributed by atoms with E-state index in [9.17, 15) is 5.11 Å². The first kappa shape index (κ1) is 16.0. The van der Waals surface area contributed by atoms with Gasteiger partial charge in [0.1, 0.15) is 18.2 Å². The number of nitrogens with zero attached hydrogens (tertiary/aromatic N) is 2. The van der Waals surface area contributed by atoms with Crippen LogP contribution in [-0.2, 0) is 11.3 Å². The molecule has 1 aliphatic rings. The highest BCUT2D eigenvalue weighted by atomic mass is 16.5. The molecule has 118 valence electrons. The maximum atomic E-state index is 9.75. The van der Waals surface area contributed by atoms with Crippen molar-refractivity contribution in [2.75, 3.05) is 37.9 Å². The van der Waals surface area contributed by atoms with Gasteiger partial charge in [0.15, 0.2) is 5.82 Å². The second-order valence-corrected chi connectivity index (χ2v) is 5.81. The largest absolute Gasteiger partial charge is 0.396 e. The van der Waals surface area contributed by atoms with E-state index in [0.717, 1.165) is 31.0 Å². The molecule has 1 aromatic heterocycles. The molecule has 0 aromatic carbocycles. The Bertz CT molecular complexity index is 447. The van der Waals surface area contributed by atoms with E-state index in [4.69, 9.17) is 4.74 Å². The molecule has 1 heterocycles. The fourth-order valence-electron chi connectivity index (χ4n) is 2.88. The maximum absolute atomic E-state index is 9.75. The van der Waals surface area contributed by atoms with E-state index in [2.05, 4.69) is 20.6 Å². The van der Waals surface area contributed by atoms with Crippen molar-refractivity contribution in [2.24, 2.45) is 5.41 Å². The minimum Gasteiger partial charge on any atom is -0.396 e. The van der Waals surface area contributed by atoms with Crippen LogP contribution >= 0.6 is 0 Å². The Morgan fingerprint density at radius 1 is 1.24 bits per heavy atom. The lowest BCUT2D eigenvalue weighted by Crippen LogP contribution is -2.35. The fourth-order valence-corrected chi connectivity index (χ4v) is 2.88. The van der Waals surface area contributed by atoms with Gasteiger partial charge >= 0.3 is 0 Å². The highest BCUT2D eigenvalue weighted by Gasteiger charge is 2.31. The Balaban J connectivity index is 2.05. The van der Waals surface area contributed by atoms with Crippen LogP contribution in [0.15, 0.2) is 6.07 Å². The lowest BCUT2D eigenvalue weighted by atomic mass is 9.74. The molecule has 1 saturated carbocycles. The third-order valence-corrected chi connectivity index (χ3v) is 4.20. The molecule has 0 spiro atoms. The molecule has 1 fully saturated rings. The van der Waals surface area contributed by atoms with Crippen molar-refractivity contribution >= 4 is 11.6 Å². The number of aliphatic hydroxyl groups excluding tert-OH is 1. The number of hydrogen-bond donors (Lipinski definition) is 3. The van der Waals surface area contributed by atoms with Crippen LogP contribution in [0.1, 0.15) is 37.9 Å². The van der Waals surface area contributed by atoms with Gasteiger partial charge in [-0.3, -0.25) is 0 Å². The predicted octanol–water partition coefficient (Wildman–Crippen LogP) is 2.02. The molecule has 21 heavy (non-hydrogen) atoms. The number of nitrogens with one attached hydrogen (secondary N) is 2. The lowest BCUT2D eigenvalue weighted by Gasteiger charge is -2.35. The lowest BCUT2D eigenvalue weighted by molar-refractivity contribution is 0.0943. The molecular formula is C15H26N4O2. The summed E-state index contributed by atoms with van der Waals surface area (Å²) in [6, 6.07) is 1.88. The van der Waals surface area contributed by atoms with E-state index in [-0.39, 0.29) is 12.0 Å². The minimum atomic E-state index is -0.00950. The van der Waals surface area contributed by atoms with Gasteiger partial charge in [-0.2, -0.15) is 0 Å². The van der Waals surface area contributed by atoms with E-state index in [1.54, 1.807) is 7.11 Å². The Hall–Kier alpha value is -1.40. The molecule has 3 N–H and O–H groups in total. The number of rotatable bonds is 7. The van der Waals surface area contributed by atoms with Crippen LogP contribution < -0.4 is 10.6 Å². The maximum Gasteiger partial charge on any atom is 0.158 e. The van der Waals surface area contributed by atoms with Crippen LogP contribution in [0, 0.1) is 5.41 Å². The molecule has 1 aliphatic carbocycles. The van der Waals surface area contributed by atoms with Crippen LogP contribution in [0.2, 0.25) is 0 Å². The molecule has 0 amide bonds. The van der Waals surface area contributed by atoms with Crippen LogP contribution in [0.25, 0.3) is 0 Å². The summed E-state index contributed by atoms with van der Waals surface area (Å²) in [4.78, 5) is 8.79. The standard InChI is InChI=1S/C15H26N4O2/c1-16-12-8-13(19-14(18-12)9-21-2)17-10-15(11-20)6-4-3-5-7-15/h8,20H,3-7,9-11H2,1-2H3,(H2,16,17,18,19). The first-order chi connectivity index (χ1) is 10.2. The molecule has 0 atom stereocenters. The average Bonchev–Trinajstić information content (AvgIpc) is 2.54. The second-order valence-electron chi connectivity index (χ2n) is 5.81. The zero-order chi connectivity index (χ0) is 15.1.